The highest BCUT2D eigenvalue weighted by atomic mass is 19.1. The van der Waals surface area contributed by atoms with Gasteiger partial charge < -0.3 is 9.47 Å². The van der Waals surface area contributed by atoms with Crippen molar-refractivity contribution in [2.75, 3.05) is 13.1 Å². The molecule has 35 heavy (non-hydrogen) atoms. The molecule has 1 unspecified atom stereocenters. The van der Waals surface area contributed by atoms with Crippen LogP contribution in [0.25, 0.3) is 10.9 Å². The zero-order valence-electron chi connectivity index (χ0n) is 19.3. The van der Waals surface area contributed by atoms with Gasteiger partial charge in [-0.05, 0) is 47.7 Å². The average Bonchev–Trinajstić information content (AvgIpc) is 3.52. The van der Waals surface area contributed by atoms with E-state index in [-0.39, 0.29) is 29.8 Å². The molecule has 1 fully saturated rings. The van der Waals surface area contributed by atoms with Gasteiger partial charge >= 0.3 is 0 Å². The van der Waals surface area contributed by atoms with Crippen molar-refractivity contribution in [2.24, 2.45) is 0 Å². The molecule has 0 spiro atoms. The standard InChI is InChI=1S/C28H26FN3O3/c29-22-10-8-21(9-11-22)24(17-28(33)30-14-4-5-15-30)26-19-31(18-20-6-2-1-3-7-20)27-13-12-23(32(34)35)16-25(26)27/h1-3,6-13,16,19,24H,4-5,14-15,17-18H2. The van der Waals surface area contributed by atoms with E-state index in [2.05, 4.69) is 4.57 Å². The molecule has 7 heteroatoms. The Balaban J connectivity index is 1.64. The van der Waals surface area contributed by atoms with Gasteiger partial charge in [-0.15, -0.1) is 0 Å². The first-order valence-corrected chi connectivity index (χ1v) is 11.8. The number of amides is 1. The van der Waals surface area contributed by atoms with Crippen LogP contribution in [0.15, 0.2) is 79.0 Å². The topological polar surface area (TPSA) is 68.4 Å². The molecule has 2 heterocycles. The fourth-order valence-corrected chi connectivity index (χ4v) is 4.99. The second-order valence-electron chi connectivity index (χ2n) is 9.05. The molecule has 1 atom stereocenters. The second kappa shape index (κ2) is 9.70. The summed E-state index contributed by atoms with van der Waals surface area (Å²) in [4.78, 5) is 26.3. The zero-order chi connectivity index (χ0) is 24.4. The van der Waals surface area contributed by atoms with Crippen LogP contribution in [-0.4, -0.2) is 33.4 Å². The summed E-state index contributed by atoms with van der Waals surface area (Å²) in [5, 5.41) is 12.3. The van der Waals surface area contributed by atoms with Crippen molar-refractivity contribution in [3.63, 3.8) is 0 Å². The first-order valence-electron chi connectivity index (χ1n) is 11.8. The molecule has 1 aliphatic heterocycles. The van der Waals surface area contributed by atoms with Gasteiger partial charge in [-0.2, -0.15) is 0 Å². The van der Waals surface area contributed by atoms with Crippen LogP contribution in [0.5, 0.6) is 0 Å². The molecule has 1 aliphatic rings. The summed E-state index contributed by atoms with van der Waals surface area (Å²) >= 11 is 0. The Hall–Kier alpha value is -4.00. The van der Waals surface area contributed by atoms with E-state index in [1.165, 1.54) is 18.2 Å². The monoisotopic (exact) mass is 471 g/mol. The van der Waals surface area contributed by atoms with Crippen molar-refractivity contribution in [2.45, 2.75) is 31.7 Å². The van der Waals surface area contributed by atoms with E-state index >= 15 is 0 Å². The molecule has 1 saturated heterocycles. The summed E-state index contributed by atoms with van der Waals surface area (Å²) in [6, 6.07) is 21.0. The molecule has 4 aromatic rings. The van der Waals surface area contributed by atoms with Gasteiger partial charge in [0.25, 0.3) is 5.69 Å². The highest BCUT2D eigenvalue weighted by Gasteiger charge is 2.27. The Morgan fingerprint density at radius 2 is 1.71 bits per heavy atom. The summed E-state index contributed by atoms with van der Waals surface area (Å²) in [5.74, 6) is -0.656. The predicted octanol–water partition coefficient (Wildman–Crippen LogP) is 5.88. The van der Waals surface area contributed by atoms with Crippen LogP contribution in [0.4, 0.5) is 10.1 Å². The summed E-state index contributed by atoms with van der Waals surface area (Å²) in [5.41, 5.74) is 3.60. The van der Waals surface area contributed by atoms with Crippen molar-refractivity contribution in [1.29, 1.82) is 0 Å². The van der Waals surface area contributed by atoms with Gasteiger partial charge in [0.1, 0.15) is 5.82 Å². The number of aromatic nitrogens is 1. The number of halogens is 1. The molecule has 6 nitrogen and oxygen atoms in total. The Labute approximate surface area is 202 Å². The van der Waals surface area contributed by atoms with E-state index in [9.17, 15) is 19.3 Å². The zero-order valence-corrected chi connectivity index (χ0v) is 19.3. The van der Waals surface area contributed by atoms with E-state index in [1.807, 2.05) is 41.4 Å². The van der Waals surface area contributed by atoms with Gasteiger partial charge in [0.15, 0.2) is 0 Å². The third-order valence-electron chi connectivity index (χ3n) is 6.79. The van der Waals surface area contributed by atoms with Crippen molar-refractivity contribution in [1.82, 2.24) is 9.47 Å². The van der Waals surface area contributed by atoms with Gasteiger partial charge in [-0.3, -0.25) is 14.9 Å². The maximum atomic E-state index is 13.7. The SMILES string of the molecule is O=C(CC(c1ccc(F)cc1)c1cn(Cc2ccccc2)c2ccc([N+](=O)[O-])cc12)N1CCCC1. The van der Waals surface area contributed by atoms with E-state index < -0.39 is 4.92 Å². The van der Waals surface area contributed by atoms with Crippen LogP contribution < -0.4 is 0 Å². The largest absolute Gasteiger partial charge is 0.343 e. The van der Waals surface area contributed by atoms with Crippen LogP contribution >= 0.6 is 0 Å². The van der Waals surface area contributed by atoms with Crippen LogP contribution in [0.2, 0.25) is 0 Å². The number of fused-ring (bicyclic) bond motifs is 1. The number of carbonyl (C=O) groups is 1. The minimum atomic E-state index is -0.403. The maximum Gasteiger partial charge on any atom is 0.270 e. The molecule has 0 bridgehead atoms. The average molecular weight is 472 g/mol. The Morgan fingerprint density at radius 1 is 1.00 bits per heavy atom. The van der Waals surface area contributed by atoms with Crippen molar-refractivity contribution in [3.05, 3.63) is 112 Å². The first kappa shape index (κ1) is 22.8. The van der Waals surface area contributed by atoms with Gasteiger partial charge in [-0.1, -0.05) is 42.5 Å². The van der Waals surface area contributed by atoms with E-state index in [1.54, 1.807) is 24.3 Å². The fourth-order valence-electron chi connectivity index (χ4n) is 4.99. The number of benzene rings is 3. The third-order valence-corrected chi connectivity index (χ3v) is 6.79. The first-order chi connectivity index (χ1) is 17.0. The number of carbonyl (C=O) groups excluding carboxylic acids is 1. The molecule has 3 aromatic carbocycles. The smallest absolute Gasteiger partial charge is 0.270 e. The summed E-state index contributed by atoms with van der Waals surface area (Å²) in [6.07, 6.45) is 4.20. The van der Waals surface area contributed by atoms with Gasteiger partial charge in [0.2, 0.25) is 5.91 Å². The van der Waals surface area contributed by atoms with Crippen LogP contribution in [0, 0.1) is 15.9 Å². The molecule has 178 valence electrons. The number of nitrogens with zero attached hydrogens (tertiary/aromatic N) is 3. The molecule has 1 amide bonds. The number of non-ortho nitro benzene ring substituents is 1. The summed E-state index contributed by atoms with van der Waals surface area (Å²) in [7, 11) is 0. The number of nitro benzene ring substituents is 1. The van der Waals surface area contributed by atoms with Crippen molar-refractivity contribution in [3.8, 4) is 0 Å². The lowest BCUT2D eigenvalue weighted by atomic mass is 9.87. The number of rotatable bonds is 7. The maximum absolute atomic E-state index is 13.7. The van der Waals surface area contributed by atoms with Gasteiger partial charge in [0, 0.05) is 61.2 Å². The Kier molecular flexibility index (Phi) is 6.31. The van der Waals surface area contributed by atoms with Crippen LogP contribution in [0.3, 0.4) is 0 Å². The summed E-state index contributed by atoms with van der Waals surface area (Å²) in [6.45, 7) is 2.08. The second-order valence-corrected chi connectivity index (χ2v) is 9.05. The molecule has 1 aromatic heterocycles. The predicted molar refractivity (Wildman–Crippen MR) is 133 cm³/mol. The normalized spacial score (nSPS) is 14.4. The number of likely N-dealkylation sites (tertiary alicyclic amines) is 1. The van der Waals surface area contributed by atoms with E-state index in [4.69, 9.17) is 0 Å². The lowest BCUT2D eigenvalue weighted by Gasteiger charge is -2.21. The van der Waals surface area contributed by atoms with E-state index in [0.717, 1.165) is 53.5 Å². The van der Waals surface area contributed by atoms with Crippen LogP contribution in [-0.2, 0) is 11.3 Å². The minimum absolute atomic E-state index is 0.0000586. The van der Waals surface area contributed by atoms with Crippen LogP contribution in [0.1, 0.15) is 41.9 Å². The molecule has 0 aliphatic carbocycles. The van der Waals surface area contributed by atoms with Crippen molar-refractivity contribution < 1.29 is 14.1 Å². The molecule has 0 N–H and O–H groups in total. The lowest BCUT2D eigenvalue weighted by Crippen LogP contribution is -2.29. The van der Waals surface area contributed by atoms with Gasteiger partial charge in [0.05, 0.1) is 4.92 Å². The number of nitro groups is 1. The Morgan fingerprint density at radius 3 is 2.40 bits per heavy atom. The van der Waals surface area contributed by atoms with Gasteiger partial charge in [-0.25, -0.2) is 4.39 Å². The third kappa shape index (κ3) is 4.80. The van der Waals surface area contributed by atoms with Crippen molar-refractivity contribution >= 4 is 22.5 Å². The molecular formula is C28H26FN3O3. The number of hydrogen-bond acceptors (Lipinski definition) is 3. The molecule has 0 radical (unpaired) electrons. The molecule has 5 rings (SSSR count). The Bertz CT molecular complexity index is 1360. The molecule has 0 saturated carbocycles. The minimum Gasteiger partial charge on any atom is -0.343 e. The highest BCUT2D eigenvalue weighted by molar-refractivity contribution is 5.88. The summed E-state index contributed by atoms with van der Waals surface area (Å²) < 4.78 is 15.8. The lowest BCUT2D eigenvalue weighted by molar-refractivity contribution is -0.384. The fraction of sp³-hybridized carbons (Fsp3) is 0.250. The van der Waals surface area contributed by atoms with E-state index in [0.29, 0.717) is 6.54 Å². The molecular weight excluding hydrogens is 445 g/mol. The number of hydrogen-bond donors (Lipinski definition) is 0. The quantitative estimate of drug-likeness (QED) is 0.250. The highest BCUT2D eigenvalue weighted by Crippen LogP contribution is 2.37.